The number of aliphatic hydroxyl groups excluding tert-OH is 1. The molecule has 0 aliphatic carbocycles. The van der Waals surface area contributed by atoms with Crippen molar-refractivity contribution in [1.82, 2.24) is 24.8 Å². The number of aromatic amines is 2. The topological polar surface area (TPSA) is 144 Å². The van der Waals surface area contributed by atoms with Gasteiger partial charge >= 0.3 is 0 Å². The highest BCUT2D eigenvalue weighted by Crippen LogP contribution is 2.32. The van der Waals surface area contributed by atoms with Crippen LogP contribution in [0.2, 0.25) is 0 Å². The summed E-state index contributed by atoms with van der Waals surface area (Å²) in [5, 5.41) is 13.5. The number of rotatable bonds is 8. The number of carbonyl (C=O) groups is 2. The first-order chi connectivity index (χ1) is 19.8. The largest absolute Gasteiger partial charge is 0.491 e. The van der Waals surface area contributed by atoms with Crippen molar-refractivity contribution in [2.75, 3.05) is 38.6 Å². The van der Waals surface area contributed by atoms with Gasteiger partial charge in [0.25, 0.3) is 17.4 Å². The zero-order valence-electron chi connectivity index (χ0n) is 22.3. The number of imide groups is 1. The minimum Gasteiger partial charge on any atom is -0.491 e. The third-order valence-electron chi connectivity index (χ3n) is 7.55. The number of likely N-dealkylation sites (tertiary alicyclic amines) is 1. The van der Waals surface area contributed by atoms with Gasteiger partial charge in [-0.1, -0.05) is 0 Å². The van der Waals surface area contributed by atoms with Crippen molar-refractivity contribution in [2.45, 2.75) is 25.0 Å². The Morgan fingerprint density at radius 2 is 1.80 bits per heavy atom. The number of ether oxygens (including phenoxy) is 1. The van der Waals surface area contributed by atoms with Gasteiger partial charge in [-0.15, -0.1) is 0 Å². The summed E-state index contributed by atoms with van der Waals surface area (Å²) in [6, 6.07) is 10.2. The van der Waals surface area contributed by atoms with Crippen LogP contribution in [0.4, 0.5) is 10.1 Å². The Morgan fingerprint density at radius 1 is 1.10 bits per heavy atom. The molecule has 2 aliphatic heterocycles. The summed E-state index contributed by atoms with van der Waals surface area (Å²) in [5.74, 6) is -0.346. The molecule has 0 radical (unpaired) electrons. The second-order valence-corrected chi connectivity index (χ2v) is 10.4. The molecule has 1 atom stereocenters. The summed E-state index contributed by atoms with van der Waals surface area (Å²) in [6.45, 7) is 1.65. The third-order valence-corrected chi connectivity index (χ3v) is 7.55. The molecule has 6 rings (SSSR count). The number of piperidine rings is 1. The standard InChI is InChI=1S/C29H29FN6O5/c1-35-10-7-17(8-11-35)36-28(39)20-12-23-24(13-21(20)29(36)40)34-26(33-23)25-22(6-9-31-27(25)38)32-14-18(37)15-41-19-4-2-16(30)3-5-19/h2-6,9,12-13,17-18,37H,7-8,10-11,14-15H2,1H3,(H,33,34)(H2,31,32,38)/t18-/m1/s1. The van der Waals surface area contributed by atoms with Crippen LogP contribution in [-0.4, -0.2) is 87.1 Å². The fraction of sp³-hybridized carbons (Fsp3) is 0.310. The Kier molecular flexibility index (Phi) is 7.01. The maximum Gasteiger partial charge on any atom is 0.261 e. The van der Waals surface area contributed by atoms with Crippen molar-refractivity contribution in [3.8, 4) is 17.1 Å². The molecule has 2 amide bonds. The second kappa shape index (κ2) is 10.8. The number of fused-ring (bicyclic) bond motifs is 2. The van der Waals surface area contributed by atoms with Gasteiger partial charge in [0.05, 0.1) is 27.8 Å². The fourth-order valence-electron chi connectivity index (χ4n) is 5.34. The van der Waals surface area contributed by atoms with Crippen LogP contribution in [0, 0.1) is 5.82 Å². The normalized spacial score (nSPS) is 16.8. The SMILES string of the molecule is CN1CCC(N2C(=O)c3cc4nc(-c5c(NC[C@@H](O)COc6ccc(F)cc6)cc[nH]c5=O)[nH]c4cc3C2=O)CC1. The van der Waals surface area contributed by atoms with Gasteiger partial charge in [-0.25, -0.2) is 9.37 Å². The summed E-state index contributed by atoms with van der Waals surface area (Å²) >= 11 is 0. The number of nitrogens with zero attached hydrogens (tertiary/aromatic N) is 3. The molecule has 212 valence electrons. The van der Waals surface area contributed by atoms with Crippen molar-refractivity contribution in [1.29, 1.82) is 0 Å². The zero-order chi connectivity index (χ0) is 28.7. The smallest absolute Gasteiger partial charge is 0.261 e. The molecular formula is C29H29FN6O5. The van der Waals surface area contributed by atoms with Gasteiger partial charge in [-0.2, -0.15) is 0 Å². The lowest BCUT2D eigenvalue weighted by atomic mass is 10.0. The molecule has 4 N–H and O–H groups in total. The summed E-state index contributed by atoms with van der Waals surface area (Å²) in [6.07, 6.45) is 2.01. The van der Waals surface area contributed by atoms with E-state index < -0.39 is 11.7 Å². The Balaban J connectivity index is 1.21. The van der Waals surface area contributed by atoms with E-state index in [-0.39, 0.29) is 48.2 Å². The molecule has 11 nitrogen and oxygen atoms in total. The van der Waals surface area contributed by atoms with E-state index >= 15 is 0 Å². The van der Waals surface area contributed by atoms with E-state index in [0.717, 1.165) is 25.9 Å². The lowest BCUT2D eigenvalue weighted by Gasteiger charge is -2.33. The minimum absolute atomic E-state index is 0.0516. The van der Waals surface area contributed by atoms with Gasteiger partial charge in [-0.3, -0.25) is 19.3 Å². The number of H-pyrrole nitrogens is 2. The lowest BCUT2D eigenvalue weighted by molar-refractivity contribution is 0.0516. The number of hydrogen-bond acceptors (Lipinski definition) is 8. The highest BCUT2D eigenvalue weighted by molar-refractivity contribution is 6.23. The van der Waals surface area contributed by atoms with Crippen LogP contribution < -0.4 is 15.6 Å². The van der Waals surface area contributed by atoms with Gasteiger partial charge in [0.1, 0.15) is 35.7 Å². The molecular weight excluding hydrogens is 531 g/mol. The lowest BCUT2D eigenvalue weighted by Crippen LogP contribution is -2.46. The summed E-state index contributed by atoms with van der Waals surface area (Å²) in [4.78, 5) is 53.3. The van der Waals surface area contributed by atoms with Crippen LogP contribution in [0.1, 0.15) is 33.6 Å². The molecule has 0 spiro atoms. The van der Waals surface area contributed by atoms with E-state index in [2.05, 4.69) is 25.2 Å². The van der Waals surface area contributed by atoms with E-state index in [4.69, 9.17) is 4.74 Å². The Hall–Kier alpha value is -4.55. The Bertz CT molecular complexity index is 1620. The van der Waals surface area contributed by atoms with Crippen molar-refractivity contribution < 1.29 is 23.8 Å². The van der Waals surface area contributed by atoms with Crippen molar-refractivity contribution >= 4 is 28.5 Å². The Labute approximate surface area is 234 Å². The number of amides is 2. The number of benzene rings is 2. The molecule has 0 saturated carbocycles. The molecule has 2 aliphatic rings. The Morgan fingerprint density at radius 3 is 2.54 bits per heavy atom. The van der Waals surface area contributed by atoms with E-state index in [9.17, 15) is 23.9 Å². The van der Waals surface area contributed by atoms with Crippen molar-refractivity contribution in [2.24, 2.45) is 0 Å². The number of halogens is 1. The minimum atomic E-state index is -0.935. The molecule has 2 aromatic carbocycles. The third kappa shape index (κ3) is 5.19. The van der Waals surface area contributed by atoms with Gasteiger partial charge < -0.3 is 30.0 Å². The number of imidazole rings is 1. The molecule has 1 fully saturated rings. The van der Waals surface area contributed by atoms with E-state index in [1.807, 2.05) is 7.05 Å². The highest BCUT2D eigenvalue weighted by atomic mass is 19.1. The fourth-order valence-corrected chi connectivity index (χ4v) is 5.34. The van der Waals surface area contributed by atoms with E-state index in [0.29, 0.717) is 33.6 Å². The summed E-state index contributed by atoms with van der Waals surface area (Å²) < 4.78 is 18.6. The van der Waals surface area contributed by atoms with Crippen molar-refractivity contribution in [3.05, 3.63) is 76.0 Å². The first-order valence-corrected chi connectivity index (χ1v) is 13.4. The number of pyridine rings is 1. The number of hydrogen-bond donors (Lipinski definition) is 4. The first-order valence-electron chi connectivity index (χ1n) is 13.4. The van der Waals surface area contributed by atoms with E-state index in [1.54, 1.807) is 18.2 Å². The molecule has 2 aromatic heterocycles. The second-order valence-electron chi connectivity index (χ2n) is 10.4. The summed E-state index contributed by atoms with van der Waals surface area (Å²) in [7, 11) is 2.02. The van der Waals surface area contributed by atoms with E-state index in [1.165, 1.54) is 35.4 Å². The number of nitrogens with one attached hydrogen (secondary N) is 3. The molecule has 0 unspecified atom stereocenters. The average molecular weight is 561 g/mol. The van der Waals surface area contributed by atoms with Crippen LogP contribution in [0.5, 0.6) is 5.75 Å². The van der Waals surface area contributed by atoms with Crippen LogP contribution >= 0.6 is 0 Å². The van der Waals surface area contributed by atoms with Crippen LogP contribution in [0.3, 0.4) is 0 Å². The maximum atomic E-state index is 13.3. The molecule has 12 heteroatoms. The van der Waals surface area contributed by atoms with Gasteiger partial charge in [0.15, 0.2) is 0 Å². The van der Waals surface area contributed by atoms with Crippen LogP contribution in [-0.2, 0) is 0 Å². The predicted molar refractivity (Wildman–Crippen MR) is 150 cm³/mol. The maximum absolute atomic E-state index is 13.3. The number of carbonyl (C=O) groups excluding carboxylic acids is 2. The zero-order valence-corrected chi connectivity index (χ0v) is 22.3. The van der Waals surface area contributed by atoms with Crippen LogP contribution in [0.15, 0.2) is 53.5 Å². The highest BCUT2D eigenvalue weighted by Gasteiger charge is 2.41. The summed E-state index contributed by atoms with van der Waals surface area (Å²) in [5.41, 5.74) is 1.81. The molecule has 4 heterocycles. The molecule has 4 aromatic rings. The quantitative estimate of drug-likeness (QED) is 0.241. The number of anilines is 1. The van der Waals surface area contributed by atoms with Crippen LogP contribution in [0.25, 0.3) is 22.4 Å². The number of aliphatic hydroxyl groups is 1. The average Bonchev–Trinajstić information content (AvgIpc) is 3.48. The van der Waals surface area contributed by atoms with Gasteiger partial charge in [0.2, 0.25) is 0 Å². The first kappa shape index (κ1) is 26.7. The van der Waals surface area contributed by atoms with Crippen molar-refractivity contribution in [3.63, 3.8) is 0 Å². The van der Waals surface area contributed by atoms with Gasteiger partial charge in [-0.05, 0) is 75.4 Å². The monoisotopic (exact) mass is 560 g/mol. The predicted octanol–water partition coefficient (Wildman–Crippen LogP) is 2.60. The number of aromatic nitrogens is 3. The molecule has 41 heavy (non-hydrogen) atoms. The molecule has 1 saturated heterocycles. The van der Waals surface area contributed by atoms with Gasteiger partial charge in [0, 0.05) is 18.8 Å². The molecule has 0 bridgehead atoms.